The van der Waals surface area contributed by atoms with Gasteiger partial charge in [-0.15, -0.1) is 0 Å². The van der Waals surface area contributed by atoms with Gasteiger partial charge in [0.1, 0.15) is 11.6 Å². The van der Waals surface area contributed by atoms with Gasteiger partial charge in [0.05, 0.1) is 11.1 Å². The highest BCUT2D eigenvalue weighted by Crippen LogP contribution is 2.48. The third kappa shape index (κ3) is 11.2. The Bertz CT molecular complexity index is 1960. The van der Waals surface area contributed by atoms with Gasteiger partial charge in [0.25, 0.3) is 5.91 Å². The van der Waals surface area contributed by atoms with Crippen LogP contribution >= 0.6 is 11.6 Å². The second kappa shape index (κ2) is 16.0. The first-order chi connectivity index (χ1) is 25.0. The molecule has 0 spiro atoms. The first-order valence-corrected chi connectivity index (χ1v) is 16.5. The number of ether oxygens (including phenoxy) is 1. The van der Waals surface area contributed by atoms with Crippen LogP contribution in [0.15, 0.2) is 66.7 Å². The number of aromatic nitrogens is 3. The second-order valence-electron chi connectivity index (χ2n) is 13.0. The number of alkyl halides is 3. The Morgan fingerprint density at radius 1 is 0.830 bits per heavy atom. The summed E-state index contributed by atoms with van der Waals surface area (Å²) in [6, 6.07) is 15.3. The lowest BCUT2D eigenvalue weighted by Gasteiger charge is -2.25. The van der Waals surface area contributed by atoms with E-state index in [2.05, 4.69) is 41.5 Å². The summed E-state index contributed by atoms with van der Waals surface area (Å²) in [5.41, 5.74) is -0.143. The number of carbonyl (C=O) groups is 3. The molecule has 1 aliphatic carbocycles. The summed E-state index contributed by atoms with van der Waals surface area (Å²) in [6.45, 7) is 1.74. The average molecular weight is 761 g/mol. The quantitative estimate of drug-likeness (QED) is 0.0794. The third-order valence-electron chi connectivity index (χ3n) is 7.98. The van der Waals surface area contributed by atoms with Crippen molar-refractivity contribution in [3.8, 4) is 6.01 Å². The highest BCUT2D eigenvalue weighted by Gasteiger charge is 2.45. The van der Waals surface area contributed by atoms with Gasteiger partial charge in [-0.2, -0.15) is 28.1 Å². The van der Waals surface area contributed by atoms with Crippen LogP contribution in [0.2, 0.25) is 5.02 Å². The number of rotatable bonds is 14. The zero-order valence-corrected chi connectivity index (χ0v) is 29.1. The van der Waals surface area contributed by atoms with Gasteiger partial charge in [-0.05, 0) is 71.8 Å². The Balaban J connectivity index is 1.18. The molecule has 0 aliphatic heterocycles. The molecule has 1 heterocycles. The number of amides is 3. The number of carbonyl (C=O) groups excluding carboxylic acids is 3. The largest absolute Gasteiger partial charge is 0.454 e. The Labute approximate surface area is 305 Å². The number of hydrogen-bond acceptors (Lipinski definition) is 9. The SMILES string of the molecule is CC(C)(CNC(=O)C(=O)NCc1ccc(F)cc1)CNC(=O)c1ccc(Nc2nc(NC3(c4ccc(Cl)cc4)CC3)nc(OCC(F)(F)F)n2)cc1F. The van der Waals surface area contributed by atoms with Crippen molar-refractivity contribution in [2.75, 3.05) is 30.3 Å². The van der Waals surface area contributed by atoms with Crippen molar-refractivity contribution in [1.82, 2.24) is 30.9 Å². The molecule has 1 aliphatic rings. The highest BCUT2D eigenvalue weighted by molar-refractivity contribution is 6.35. The van der Waals surface area contributed by atoms with E-state index in [9.17, 15) is 31.9 Å². The molecular formula is C35H34ClF5N8O4. The molecule has 0 atom stereocenters. The van der Waals surface area contributed by atoms with Gasteiger partial charge >= 0.3 is 24.0 Å². The van der Waals surface area contributed by atoms with Crippen molar-refractivity contribution in [2.45, 2.75) is 44.9 Å². The predicted octanol–water partition coefficient (Wildman–Crippen LogP) is 5.78. The van der Waals surface area contributed by atoms with E-state index in [1.54, 1.807) is 26.0 Å². The molecule has 12 nitrogen and oxygen atoms in total. The maximum absolute atomic E-state index is 15.2. The van der Waals surface area contributed by atoms with Crippen LogP contribution in [0.1, 0.15) is 48.2 Å². The number of halogens is 6. The molecule has 5 N–H and O–H groups in total. The first-order valence-electron chi connectivity index (χ1n) is 16.1. The van der Waals surface area contributed by atoms with Crippen LogP contribution in [0.3, 0.4) is 0 Å². The Kier molecular flexibility index (Phi) is 11.6. The minimum atomic E-state index is -4.67. The van der Waals surface area contributed by atoms with Crippen molar-refractivity contribution in [3.63, 3.8) is 0 Å². The summed E-state index contributed by atoms with van der Waals surface area (Å²) in [5.74, 6) is -4.28. The fourth-order valence-electron chi connectivity index (χ4n) is 4.92. The van der Waals surface area contributed by atoms with Crippen molar-refractivity contribution < 1.29 is 41.1 Å². The molecule has 53 heavy (non-hydrogen) atoms. The normalized spacial score (nSPS) is 13.4. The third-order valence-corrected chi connectivity index (χ3v) is 8.23. The number of nitrogens with one attached hydrogen (secondary N) is 5. The van der Waals surface area contributed by atoms with E-state index in [0.29, 0.717) is 23.4 Å². The summed E-state index contributed by atoms with van der Waals surface area (Å²) in [7, 11) is 0. The van der Waals surface area contributed by atoms with E-state index < -0.39 is 59.1 Å². The molecule has 0 saturated heterocycles. The molecule has 3 amide bonds. The monoisotopic (exact) mass is 760 g/mol. The fraction of sp³-hybridized carbons (Fsp3) is 0.314. The summed E-state index contributed by atoms with van der Waals surface area (Å²) < 4.78 is 71.8. The molecule has 5 rings (SSSR count). The van der Waals surface area contributed by atoms with Gasteiger partial charge in [-0.1, -0.05) is 49.7 Å². The molecule has 1 saturated carbocycles. The highest BCUT2D eigenvalue weighted by atomic mass is 35.5. The molecule has 18 heteroatoms. The lowest BCUT2D eigenvalue weighted by atomic mass is 9.93. The standard InChI is InChI=1S/C35H34ClF5N8O4/c1-33(2,18-44-29(52)28(51)42-16-20-3-9-23(37)10-4-20)17-43-27(50)25-12-11-24(15-26(25)38)45-30-46-31(48-32(47-30)53-19-35(39,40)41)49-34(13-14-34)21-5-7-22(36)8-6-21/h3-12,15H,13-14,16-19H2,1-2H3,(H,42,51)(H,43,50)(H,44,52)(H2,45,46,47,48,49). The summed E-state index contributed by atoms with van der Waals surface area (Å²) >= 11 is 6.01. The zero-order valence-electron chi connectivity index (χ0n) is 28.3. The minimum Gasteiger partial charge on any atom is -0.454 e. The topological polar surface area (TPSA) is 159 Å². The van der Waals surface area contributed by atoms with Crippen molar-refractivity contribution >= 4 is 46.9 Å². The van der Waals surface area contributed by atoms with E-state index in [4.69, 9.17) is 16.3 Å². The number of nitrogens with zero attached hydrogens (tertiary/aromatic N) is 3. The van der Waals surface area contributed by atoms with Crippen LogP contribution in [-0.2, 0) is 21.7 Å². The molecule has 0 bridgehead atoms. The van der Waals surface area contributed by atoms with Crippen molar-refractivity contribution in [3.05, 3.63) is 100 Å². The smallest absolute Gasteiger partial charge is 0.422 e. The van der Waals surface area contributed by atoms with Crippen LogP contribution in [0, 0.1) is 17.0 Å². The zero-order chi connectivity index (χ0) is 38.4. The number of benzene rings is 3. The number of hydrogen-bond donors (Lipinski definition) is 5. The maximum Gasteiger partial charge on any atom is 0.422 e. The van der Waals surface area contributed by atoms with Crippen LogP contribution in [0.25, 0.3) is 0 Å². The molecule has 3 aromatic carbocycles. The molecule has 280 valence electrons. The second-order valence-corrected chi connectivity index (χ2v) is 13.5. The maximum atomic E-state index is 15.2. The van der Waals surface area contributed by atoms with Gasteiger partial charge in [0, 0.05) is 30.3 Å². The van der Waals surface area contributed by atoms with E-state index >= 15 is 4.39 Å². The van der Waals surface area contributed by atoms with Crippen molar-refractivity contribution in [1.29, 1.82) is 0 Å². The van der Waals surface area contributed by atoms with Crippen LogP contribution < -0.4 is 31.3 Å². The van der Waals surface area contributed by atoms with E-state index in [1.807, 2.05) is 12.1 Å². The van der Waals surface area contributed by atoms with Gasteiger partial charge in [0.2, 0.25) is 11.9 Å². The van der Waals surface area contributed by atoms with Gasteiger partial charge in [-0.3, -0.25) is 14.4 Å². The van der Waals surface area contributed by atoms with Gasteiger partial charge < -0.3 is 31.3 Å². The molecule has 1 fully saturated rings. The minimum absolute atomic E-state index is 0.0123. The van der Waals surface area contributed by atoms with Gasteiger partial charge in [-0.25, -0.2) is 8.78 Å². The lowest BCUT2D eigenvalue weighted by Crippen LogP contribution is -2.46. The first kappa shape index (κ1) is 38.6. The number of anilines is 3. The Morgan fingerprint density at radius 2 is 1.47 bits per heavy atom. The summed E-state index contributed by atoms with van der Waals surface area (Å²) in [4.78, 5) is 49.5. The summed E-state index contributed by atoms with van der Waals surface area (Å²) in [6.07, 6.45) is -3.31. The lowest BCUT2D eigenvalue weighted by molar-refractivity contribution is -0.154. The Morgan fingerprint density at radius 3 is 2.11 bits per heavy atom. The summed E-state index contributed by atoms with van der Waals surface area (Å²) in [5, 5.41) is 13.9. The molecule has 0 unspecified atom stereocenters. The molecule has 4 aromatic rings. The van der Waals surface area contributed by atoms with E-state index in [-0.39, 0.29) is 42.8 Å². The van der Waals surface area contributed by atoms with E-state index in [0.717, 1.165) is 11.6 Å². The van der Waals surface area contributed by atoms with E-state index in [1.165, 1.54) is 36.4 Å². The van der Waals surface area contributed by atoms with Crippen LogP contribution in [-0.4, -0.2) is 58.5 Å². The molecular weight excluding hydrogens is 727 g/mol. The predicted molar refractivity (Wildman–Crippen MR) is 184 cm³/mol. The fourth-order valence-corrected chi connectivity index (χ4v) is 5.05. The van der Waals surface area contributed by atoms with Crippen LogP contribution in [0.4, 0.5) is 39.5 Å². The average Bonchev–Trinajstić information content (AvgIpc) is 3.88. The molecule has 0 radical (unpaired) electrons. The van der Waals surface area contributed by atoms with Gasteiger partial charge in [0.15, 0.2) is 6.61 Å². The van der Waals surface area contributed by atoms with Crippen molar-refractivity contribution in [2.24, 2.45) is 5.41 Å². The van der Waals surface area contributed by atoms with Crippen LogP contribution in [0.5, 0.6) is 6.01 Å². The molecule has 1 aromatic heterocycles. The Hall–Kier alpha value is -5.58.